The number of aromatic nitrogens is 1. The molecule has 6 heteroatoms. The molecule has 0 fully saturated rings. The Hall–Kier alpha value is -1.79. The van der Waals surface area contributed by atoms with Gasteiger partial charge in [-0.25, -0.2) is 4.98 Å². The zero-order chi connectivity index (χ0) is 14.8. The Balaban J connectivity index is 2.20. The molecule has 1 unspecified atom stereocenters. The number of thioether (sulfide) groups is 1. The molecule has 0 saturated heterocycles. The SMILES string of the molecule is Cc1nc(SCC(N)(C(N)=O)c2ccccc2)oc1C. The van der Waals surface area contributed by atoms with Crippen molar-refractivity contribution in [1.29, 1.82) is 0 Å². The zero-order valence-electron chi connectivity index (χ0n) is 11.4. The van der Waals surface area contributed by atoms with Crippen LogP contribution in [0.1, 0.15) is 17.0 Å². The van der Waals surface area contributed by atoms with Crippen molar-refractivity contribution in [2.75, 3.05) is 5.75 Å². The molecular weight excluding hydrogens is 274 g/mol. The van der Waals surface area contributed by atoms with Crippen molar-refractivity contribution in [3.63, 3.8) is 0 Å². The maximum absolute atomic E-state index is 11.7. The molecule has 5 nitrogen and oxygen atoms in total. The summed E-state index contributed by atoms with van der Waals surface area (Å²) in [6.07, 6.45) is 0. The smallest absolute Gasteiger partial charge is 0.256 e. The van der Waals surface area contributed by atoms with Crippen LogP contribution in [0.3, 0.4) is 0 Å². The van der Waals surface area contributed by atoms with Gasteiger partial charge in [-0.3, -0.25) is 4.79 Å². The van der Waals surface area contributed by atoms with Gasteiger partial charge in [-0.05, 0) is 19.4 Å². The molecule has 2 aromatic rings. The lowest BCUT2D eigenvalue weighted by atomic mass is 9.92. The highest BCUT2D eigenvalue weighted by molar-refractivity contribution is 7.99. The van der Waals surface area contributed by atoms with E-state index in [1.54, 1.807) is 12.1 Å². The molecule has 1 atom stereocenters. The van der Waals surface area contributed by atoms with Gasteiger partial charge in [-0.15, -0.1) is 0 Å². The molecule has 0 aliphatic rings. The molecular formula is C14H17N3O2S. The van der Waals surface area contributed by atoms with Crippen molar-refractivity contribution < 1.29 is 9.21 Å². The molecule has 0 saturated carbocycles. The third-order valence-electron chi connectivity index (χ3n) is 3.16. The highest BCUT2D eigenvalue weighted by Gasteiger charge is 2.34. The van der Waals surface area contributed by atoms with Crippen LogP contribution in [0.2, 0.25) is 0 Å². The maximum atomic E-state index is 11.7. The van der Waals surface area contributed by atoms with Crippen LogP contribution < -0.4 is 11.5 Å². The quantitative estimate of drug-likeness (QED) is 0.818. The molecule has 2 rings (SSSR count). The van der Waals surface area contributed by atoms with Crippen LogP contribution in [0.25, 0.3) is 0 Å². The second-order valence-electron chi connectivity index (χ2n) is 4.61. The van der Waals surface area contributed by atoms with E-state index in [2.05, 4.69) is 4.98 Å². The van der Waals surface area contributed by atoms with Crippen LogP contribution in [-0.2, 0) is 10.3 Å². The fourth-order valence-corrected chi connectivity index (χ4v) is 2.76. The van der Waals surface area contributed by atoms with Gasteiger partial charge in [-0.1, -0.05) is 42.1 Å². The molecule has 0 radical (unpaired) electrons. The van der Waals surface area contributed by atoms with Crippen LogP contribution in [0, 0.1) is 13.8 Å². The molecule has 1 amide bonds. The van der Waals surface area contributed by atoms with Gasteiger partial charge in [0.05, 0.1) is 5.69 Å². The number of carbonyl (C=O) groups excluding carboxylic acids is 1. The topological polar surface area (TPSA) is 95.1 Å². The maximum Gasteiger partial charge on any atom is 0.256 e. The van der Waals surface area contributed by atoms with Crippen LogP contribution >= 0.6 is 11.8 Å². The van der Waals surface area contributed by atoms with Gasteiger partial charge < -0.3 is 15.9 Å². The van der Waals surface area contributed by atoms with E-state index in [4.69, 9.17) is 15.9 Å². The Labute approximate surface area is 121 Å². The highest BCUT2D eigenvalue weighted by atomic mass is 32.2. The van der Waals surface area contributed by atoms with Gasteiger partial charge in [0, 0.05) is 5.75 Å². The number of benzene rings is 1. The van der Waals surface area contributed by atoms with E-state index in [0.29, 0.717) is 10.8 Å². The molecule has 1 aromatic heterocycles. The van der Waals surface area contributed by atoms with Crippen LogP contribution in [-0.4, -0.2) is 16.6 Å². The Bertz CT molecular complexity index is 593. The van der Waals surface area contributed by atoms with Crippen LogP contribution in [0.4, 0.5) is 0 Å². The van der Waals surface area contributed by atoms with Gasteiger partial charge in [-0.2, -0.15) is 0 Å². The number of rotatable bonds is 5. The van der Waals surface area contributed by atoms with E-state index >= 15 is 0 Å². The minimum absolute atomic E-state index is 0.270. The summed E-state index contributed by atoms with van der Waals surface area (Å²) in [6.45, 7) is 3.71. The molecule has 0 bridgehead atoms. The molecule has 0 aliphatic heterocycles. The fourth-order valence-electron chi connectivity index (χ4n) is 1.71. The average molecular weight is 291 g/mol. The predicted octanol–water partition coefficient (Wildman–Crippen LogP) is 1.72. The normalized spacial score (nSPS) is 13.9. The third kappa shape index (κ3) is 2.86. The summed E-state index contributed by atoms with van der Waals surface area (Å²) in [5, 5.41) is 0.493. The number of primary amides is 1. The summed E-state index contributed by atoms with van der Waals surface area (Å²) in [5.74, 6) is 0.455. The number of hydrogen-bond donors (Lipinski definition) is 2. The van der Waals surface area contributed by atoms with E-state index < -0.39 is 11.4 Å². The minimum atomic E-state index is -1.25. The first-order valence-electron chi connectivity index (χ1n) is 6.14. The van der Waals surface area contributed by atoms with E-state index in [0.717, 1.165) is 11.5 Å². The molecule has 20 heavy (non-hydrogen) atoms. The van der Waals surface area contributed by atoms with E-state index in [-0.39, 0.29) is 5.75 Å². The summed E-state index contributed by atoms with van der Waals surface area (Å²) < 4.78 is 5.47. The summed E-state index contributed by atoms with van der Waals surface area (Å²) in [4.78, 5) is 16.0. The lowest BCUT2D eigenvalue weighted by molar-refractivity contribution is -0.122. The van der Waals surface area contributed by atoms with Gasteiger partial charge in [0.25, 0.3) is 5.22 Å². The highest BCUT2D eigenvalue weighted by Crippen LogP contribution is 2.28. The Morgan fingerprint density at radius 2 is 2.00 bits per heavy atom. The van der Waals surface area contributed by atoms with E-state index in [1.165, 1.54) is 11.8 Å². The lowest BCUT2D eigenvalue weighted by Gasteiger charge is -2.25. The Morgan fingerprint density at radius 3 is 2.50 bits per heavy atom. The standard InChI is InChI=1S/C14H17N3O2S/c1-9-10(2)19-13(17-9)20-8-14(16,12(15)18)11-6-4-3-5-7-11/h3-7H,8,16H2,1-2H3,(H2,15,18). The van der Waals surface area contributed by atoms with Crippen LogP contribution in [0.5, 0.6) is 0 Å². The first-order valence-corrected chi connectivity index (χ1v) is 7.13. The number of carbonyl (C=O) groups is 1. The molecule has 1 heterocycles. The first-order chi connectivity index (χ1) is 9.43. The zero-order valence-corrected chi connectivity index (χ0v) is 12.2. The van der Waals surface area contributed by atoms with Gasteiger partial charge in [0.2, 0.25) is 5.91 Å². The Kier molecular flexibility index (Phi) is 4.15. The molecule has 0 aliphatic carbocycles. The number of aryl methyl sites for hydroxylation is 2. The van der Waals surface area contributed by atoms with Crippen molar-refractivity contribution >= 4 is 17.7 Å². The lowest BCUT2D eigenvalue weighted by Crippen LogP contribution is -2.51. The third-order valence-corrected chi connectivity index (χ3v) is 4.18. The van der Waals surface area contributed by atoms with Crippen molar-refractivity contribution in [3.05, 3.63) is 47.3 Å². The number of nitrogens with two attached hydrogens (primary N) is 2. The van der Waals surface area contributed by atoms with Crippen molar-refractivity contribution in [1.82, 2.24) is 4.98 Å². The fraction of sp³-hybridized carbons (Fsp3) is 0.286. The first kappa shape index (κ1) is 14.6. The van der Waals surface area contributed by atoms with Crippen LogP contribution in [0.15, 0.2) is 40.0 Å². The molecule has 1 aromatic carbocycles. The predicted molar refractivity (Wildman–Crippen MR) is 78.2 cm³/mol. The van der Waals surface area contributed by atoms with Crippen molar-refractivity contribution in [2.24, 2.45) is 11.5 Å². The van der Waals surface area contributed by atoms with Gasteiger partial charge in [0.1, 0.15) is 11.3 Å². The largest absolute Gasteiger partial charge is 0.437 e. The number of nitrogens with zero attached hydrogens (tertiary/aromatic N) is 1. The summed E-state index contributed by atoms with van der Waals surface area (Å²) in [6, 6.07) is 9.08. The summed E-state index contributed by atoms with van der Waals surface area (Å²) in [7, 11) is 0. The number of amides is 1. The summed E-state index contributed by atoms with van der Waals surface area (Å²) in [5.41, 5.74) is 11.9. The second kappa shape index (κ2) is 5.68. The number of oxazole rings is 1. The molecule has 0 spiro atoms. The van der Waals surface area contributed by atoms with Gasteiger partial charge >= 0.3 is 0 Å². The summed E-state index contributed by atoms with van der Waals surface area (Å²) >= 11 is 1.28. The van der Waals surface area contributed by atoms with E-state index in [9.17, 15) is 4.79 Å². The second-order valence-corrected chi connectivity index (χ2v) is 5.54. The Morgan fingerprint density at radius 1 is 1.35 bits per heavy atom. The molecule has 106 valence electrons. The van der Waals surface area contributed by atoms with E-state index in [1.807, 2.05) is 32.0 Å². The monoisotopic (exact) mass is 291 g/mol. The molecule has 4 N–H and O–H groups in total. The van der Waals surface area contributed by atoms with Gasteiger partial charge in [0.15, 0.2) is 0 Å². The number of hydrogen-bond acceptors (Lipinski definition) is 5. The van der Waals surface area contributed by atoms with Crippen molar-refractivity contribution in [3.8, 4) is 0 Å². The minimum Gasteiger partial charge on any atom is -0.437 e. The average Bonchev–Trinajstić information content (AvgIpc) is 2.76. The van der Waals surface area contributed by atoms with Crippen molar-refractivity contribution in [2.45, 2.75) is 24.6 Å².